The maximum Gasteiger partial charge on any atom is 0.228 e. The highest BCUT2D eigenvalue weighted by atomic mass is 79.9. The molecule has 1 aromatic carbocycles. The van der Waals surface area contributed by atoms with Crippen LogP contribution < -0.4 is 10.2 Å². The van der Waals surface area contributed by atoms with Gasteiger partial charge in [0, 0.05) is 30.5 Å². The Labute approximate surface area is 157 Å². The van der Waals surface area contributed by atoms with Gasteiger partial charge in [-0.3, -0.25) is 9.59 Å². The lowest BCUT2D eigenvalue weighted by atomic mass is 10.1. The van der Waals surface area contributed by atoms with Crippen LogP contribution in [0.15, 0.2) is 28.7 Å². The number of nitrogens with one attached hydrogen (secondary N) is 1. The summed E-state index contributed by atoms with van der Waals surface area (Å²) in [7, 11) is 1.94. The molecular weight excluding hydrogens is 394 g/mol. The van der Waals surface area contributed by atoms with Crippen molar-refractivity contribution in [3.63, 3.8) is 0 Å². The number of nitrogens with zero attached hydrogens (tertiary/aromatic N) is 2. The first-order chi connectivity index (χ1) is 11.1. The Balaban J connectivity index is 0.00000208. The zero-order chi connectivity index (χ0) is 16.4. The number of hydrogen-bond acceptors (Lipinski definition) is 3. The van der Waals surface area contributed by atoms with Crippen LogP contribution in [0, 0.1) is 11.8 Å². The van der Waals surface area contributed by atoms with E-state index in [0.717, 1.165) is 36.2 Å². The molecule has 24 heavy (non-hydrogen) atoms. The van der Waals surface area contributed by atoms with Crippen molar-refractivity contribution in [1.29, 1.82) is 0 Å². The Hall–Kier alpha value is -1.11. The number of para-hydroxylation sites is 1. The van der Waals surface area contributed by atoms with Gasteiger partial charge in [0.2, 0.25) is 11.8 Å². The zero-order valence-electron chi connectivity index (χ0n) is 13.7. The number of halogens is 2. The average molecular weight is 417 g/mol. The minimum absolute atomic E-state index is 0. The molecule has 0 aliphatic carbocycles. The van der Waals surface area contributed by atoms with Gasteiger partial charge in [0.05, 0.1) is 11.6 Å². The molecule has 2 aliphatic heterocycles. The van der Waals surface area contributed by atoms with Gasteiger partial charge in [-0.25, -0.2) is 0 Å². The molecule has 2 heterocycles. The summed E-state index contributed by atoms with van der Waals surface area (Å²) >= 11 is 3.49. The zero-order valence-corrected chi connectivity index (χ0v) is 16.1. The second-order valence-corrected chi connectivity index (χ2v) is 7.21. The Morgan fingerprint density at radius 3 is 2.79 bits per heavy atom. The molecule has 1 aromatic rings. The van der Waals surface area contributed by atoms with E-state index < -0.39 is 0 Å². The Kier molecular flexibility index (Phi) is 6.66. The first kappa shape index (κ1) is 19.2. The smallest absolute Gasteiger partial charge is 0.228 e. The molecule has 2 atom stereocenters. The summed E-state index contributed by atoms with van der Waals surface area (Å²) in [5.74, 6) is 0.469. The predicted molar refractivity (Wildman–Crippen MR) is 100 cm³/mol. The van der Waals surface area contributed by atoms with Gasteiger partial charge in [-0.05, 0) is 54.0 Å². The second kappa shape index (κ2) is 8.32. The third kappa shape index (κ3) is 3.92. The number of hydrogen-bond donors (Lipinski definition) is 1. The number of benzene rings is 1. The van der Waals surface area contributed by atoms with Gasteiger partial charge in [-0.1, -0.05) is 12.1 Å². The summed E-state index contributed by atoms with van der Waals surface area (Å²) in [6.07, 6.45) is 1.36. The van der Waals surface area contributed by atoms with Crippen molar-refractivity contribution >= 4 is 45.8 Å². The lowest BCUT2D eigenvalue weighted by molar-refractivity contribution is -0.134. The van der Waals surface area contributed by atoms with Gasteiger partial charge in [0.15, 0.2) is 0 Å². The molecule has 1 N–H and O–H groups in total. The van der Waals surface area contributed by atoms with Crippen LogP contribution in [0.4, 0.5) is 5.69 Å². The number of carbonyl (C=O) groups is 2. The number of anilines is 1. The molecule has 2 fully saturated rings. The molecule has 2 amide bonds. The van der Waals surface area contributed by atoms with Crippen molar-refractivity contribution in [1.82, 2.24) is 10.2 Å². The summed E-state index contributed by atoms with van der Waals surface area (Å²) in [4.78, 5) is 28.7. The second-order valence-electron chi connectivity index (χ2n) is 6.35. The lowest BCUT2D eigenvalue weighted by Gasteiger charge is -2.21. The van der Waals surface area contributed by atoms with Crippen LogP contribution in [-0.4, -0.2) is 49.9 Å². The predicted octanol–water partition coefficient (Wildman–Crippen LogP) is 2.29. The van der Waals surface area contributed by atoms with E-state index in [0.29, 0.717) is 18.9 Å². The normalized spacial score (nSPS) is 23.5. The van der Waals surface area contributed by atoms with Crippen molar-refractivity contribution in [3.05, 3.63) is 28.7 Å². The van der Waals surface area contributed by atoms with E-state index in [1.807, 2.05) is 36.2 Å². The Morgan fingerprint density at radius 1 is 1.33 bits per heavy atom. The number of carbonyl (C=O) groups excluding carboxylic acids is 2. The van der Waals surface area contributed by atoms with Crippen LogP contribution in [0.2, 0.25) is 0 Å². The minimum Gasteiger partial charge on any atom is -0.342 e. The first-order valence-electron chi connectivity index (χ1n) is 8.08. The largest absolute Gasteiger partial charge is 0.342 e. The van der Waals surface area contributed by atoms with Gasteiger partial charge in [-0.15, -0.1) is 12.4 Å². The molecule has 0 radical (unpaired) electrons. The highest BCUT2D eigenvalue weighted by Crippen LogP contribution is 2.32. The molecule has 2 unspecified atom stereocenters. The maximum atomic E-state index is 12.7. The maximum absolute atomic E-state index is 12.7. The summed E-state index contributed by atoms with van der Waals surface area (Å²) in [6.45, 7) is 3.04. The fourth-order valence-corrected chi connectivity index (χ4v) is 4.02. The van der Waals surface area contributed by atoms with Crippen molar-refractivity contribution in [2.75, 3.05) is 38.1 Å². The molecule has 2 saturated heterocycles. The van der Waals surface area contributed by atoms with Crippen molar-refractivity contribution < 1.29 is 9.59 Å². The summed E-state index contributed by atoms with van der Waals surface area (Å²) in [5.41, 5.74) is 0.849. The molecular formula is C17H23BrClN3O2. The molecule has 132 valence electrons. The molecule has 3 rings (SSSR count). The van der Waals surface area contributed by atoms with Crippen molar-refractivity contribution in [2.45, 2.75) is 12.8 Å². The topological polar surface area (TPSA) is 52.7 Å². The van der Waals surface area contributed by atoms with Crippen molar-refractivity contribution in [2.24, 2.45) is 11.8 Å². The van der Waals surface area contributed by atoms with E-state index >= 15 is 0 Å². The van der Waals surface area contributed by atoms with Crippen LogP contribution >= 0.6 is 28.3 Å². The third-order valence-corrected chi connectivity index (χ3v) is 5.38. The SMILES string of the molecule is CNCC1CCN(C(=O)C2CC(=O)N(c3ccccc3Br)C2)C1.Cl. The molecule has 2 aliphatic rings. The van der Waals surface area contributed by atoms with E-state index in [1.165, 1.54) is 0 Å². The minimum atomic E-state index is -0.219. The van der Waals surface area contributed by atoms with E-state index in [-0.39, 0.29) is 30.1 Å². The Bertz CT molecular complexity index is 613. The van der Waals surface area contributed by atoms with Gasteiger partial charge < -0.3 is 15.1 Å². The number of amides is 2. The third-order valence-electron chi connectivity index (χ3n) is 4.71. The highest BCUT2D eigenvalue weighted by Gasteiger charge is 2.39. The van der Waals surface area contributed by atoms with E-state index in [1.54, 1.807) is 4.90 Å². The van der Waals surface area contributed by atoms with E-state index in [2.05, 4.69) is 21.2 Å². The summed E-state index contributed by atoms with van der Waals surface area (Å²) < 4.78 is 0.886. The average Bonchev–Trinajstić information content (AvgIpc) is 3.15. The van der Waals surface area contributed by atoms with Crippen LogP contribution in [-0.2, 0) is 9.59 Å². The van der Waals surface area contributed by atoms with Crippen LogP contribution in [0.5, 0.6) is 0 Å². The van der Waals surface area contributed by atoms with Crippen LogP contribution in [0.3, 0.4) is 0 Å². The quantitative estimate of drug-likeness (QED) is 0.819. The van der Waals surface area contributed by atoms with Crippen molar-refractivity contribution in [3.8, 4) is 0 Å². The molecule has 0 bridgehead atoms. The van der Waals surface area contributed by atoms with Gasteiger partial charge >= 0.3 is 0 Å². The van der Waals surface area contributed by atoms with Gasteiger partial charge in [0.25, 0.3) is 0 Å². The standard InChI is InChI=1S/C17H22BrN3O2.ClH/c1-19-9-12-6-7-20(10-12)17(23)13-8-16(22)21(11-13)15-5-3-2-4-14(15)18;/h2-5,12-13,19H,6-11H2,1H3;1H. The fourth-order valence-electron chi connectivity index (χ4n) is 3.52. The van der Waals surface area contributed by atoms with Gasteiger partial charge in [-0.2, -0.15) is 0 Å². The monoisotopic (exact) mass is 415 g/mol. The van der Waals surface area contributed by atoms with Crippen LogP contribution in [0.25, 0.3) is 0 Å². The van der Waals surface area contributed by atoms with Crippen LogP contribution in [0.1, 0.15) is 12.8 Å². The van der Waals surface area contributed by atoms with E-state index in [4.69, 9.17) is 0 Å². The molecule has 0 saturated carbocycles. The molecule has 0 aromatic heterocycles. The van der Waals surface area contributed by atoms with Gasteiger partial charge in [0.1, 0.15) is 0 Å². The fraction of sp³-hybridized carbons (Fsp3) is 0.529. The Morgan fingerprint density at radius 2 is 2.08 bits per heavy atom. The molecule has 0 spiro atoms. The first-order valence-corrected chi connectivity index (χ1v) is 8.87. The highest BCUT2D eigenvalue weighted by molar-refractivity contribution is 9.10. The number of rotatable bonds is 4. The molecule has 5 nitrogen and oxygen atoms in total. The summed E-state index contributed by atoms with van der Waals surface area (Å²) in [6, 6.07) is 7.66. The number of likely N-dealkylation sites (tertiary alicyclic amines) is 1. The summed E-state index contributed by atoms with van der Waals surface area (Å²) in [5, 5.41) is 3.17. The molecule has 7 heteroatoms. The van der Waals surface area contributed by atoms with E-state index in [9.17, 15) is 9.59 Å². The lowest BCUT2D eigenvalue weighted by Crippen LogP contribution is -2.36.